The largest absolute Gasteiger partial charge is 0.462 e. The zero-order chi connectivity index (χ0) is 35.5. The summed E-state index contributed by atoms with van der Waals surface area (Å²) >= 11 is 0. The Kier molecular flexibility index (Phi) is 8.61. The van der Waals surface area contributed by atoms with Gasteiger partial charge in [-0.15, -0.1) is 0 Å². The Balaban J connectivity index is 0.880. The van der Waals surface area contributed by atoms with Crippen molar-refractivity contribution in [2.45, 2.75) is 188 Å². The van der Waals surface area contributed by atoms with E-state index in [1.165, 1.54) is 94.6 Å². The molecule has 8 aliphatic rings. The summed E-state index contributed by atoms with van der Waals surface area (Å²) in [7, 11) is 0. The van der Waals surface area contributed by atoms with Crippen molar-refractivity contribution in [3.05, 3.63) is 28.8 Å². The lowest BCUT2D eigenvalue weighted by atomic mass is 9.47. The molecule has 1 saturated heterocycles. The van der Waals surface area contributed by atoms with E-state index in [-0.39, 0.29) is 22.9 Å². The average Bonchev–Trinajstić information content (AvgIpc) is 3.73. The van der Waals surface area contributed by atoms with Crippen molar-refractivity contribution < 1.29 is 19.0 Å². The summed E-state index contributed by atoms with van der Waals surface area (Å²) in [5.41, 5.74) is 5.50. The van der Waals surface area contributed by atoms with Gasteiger partial charge in [-0.25, -0.2) is 0 Å². The summed E-state index contributed by atoms with van der Waals surface area (Å²) in [5, 5.41) is 0. The lowest BCUT2D eigenvalue weighted by molar-refractivity contribution is -0.290. The molecule has 0 N–H and O–H groups in total. The molecule has 2 heterocycles. The maximum absolute atomic E-state index is 11.9. The standard InChI is InChI=1S/C47H70O4/c1-28(2)9-8-10-29(3)37-14-15-39-35-13-17-43-46(7,40(35)20-22-44(37,39)5)23-24-47(51-43)27-32-25-36-31(26-41(32)50-47)11-12-34-33(36)19-21-45(6)38(34)16-18-42(45)49-30(4)48/h25-26,28-29,33-35,37-40,42-43H,8-24,27H2,1-7H3/t29-,33?,34?,35?,37?,38?,39?,40?,42+,43+,44-,45+,46-,47+/m1/s1. The zero-order valence-electron chi connectivity index (χ0n) is 33.4. The third-order valence-electron chi connectivity index (χ3n) is 18.3. The van der Waals surface area contributed by atoms with E-state index < -0.39 is 5.79 Å². The highest BCUT2D eigenvalue weighted by atomic mass is 16.7. The highest BCUT2D eigenvalue weighted by Crippen LogP contribution is 2.68. The van der Waals surface area contributed by atoms with Crippen LogP contribution < -0.4 is 4.74 Å². The predicted octanol–water partition coefficient (Wildman–Crippen LogP) is 11.6. The van der Waals surface area contributed by atoms with Crippen molar-refractivity contribution in [1.82, 2.24) is 0 Å². The van der Waals surface area contributed by atoms with Crippen LogP contribution in [0.4, 0.5) is 0 Å². The second-order valence-corrected chi connectivity index (χ2v) is 21.1. The molecule has 14 atom stereocenters. The van der Waals surface area contributed by atoms with Crippen molar-refractivity contribution in [3.63, 3.8) is 0 Å². The van der Waals surface area contributed by atoms with Crippen molar-refractivity contribution >= 4 is 5.97 Å². The van der Waals surface area contributed by atoms with Crippen LogP contribution in [-0.4, -0.2) is 24.0 Å². The summed E-state index contributed by atoms with van der Waals surface area (Å²) in [6, 6.07) is 5.02. The average molecular weight is 699 g/mol. The van der Waals surface area contributed by atoms with Gasteiger partial charge in [0.1, 0.15) is 11.9 Å². The van der Waals surface area contributed by atoms with Gasteiger partial charge in [-0.1, -0.05) is 66.9 Å². The topological polar surface area (TPSA) is 44.8 Å². The Morgan fingerprint density at radius 2 is 1.55 bits per heavy atom. The molecule has 9 rings (SSSR count). The van der Waals surface area contributed by atoms with E-state index in [0.717, 1.165) is 73.4 Å². The first-order valence-electron chi connectivity index (χ1n) is 22.0. The molecular weight excluding hydrogens is 629 g/mol. The Morgan fingerprint density at radius 1 is 0.784 bits per heavy atom. The van der Waals surface area contributed by atoms with Crippen LogP contribution in [0.1, 0.15) is 174 Å². The summed E-state index contributed by atoms with van der Waals surface area (Å²) < 4.78 is 20.3. The van der Waals surface area contributed by atoms with Gasteiger partial charge in [0.05, 0.1) is 6.10 Å². The van der Waals surface area contributed by atoms with Crippen molar-refractivity contribution in [3.8, 4) is 5.75 Å². The zero-order valence-corrected chi connectivity index (χ0v) is 33.4. The lowest BCUT2D eigenvalue weighted by Crippen LogP contribution is -2.60. The third-order valence-corrected chi connectivity index (χ3v) is 18.3. The monoisotopic (exact) mass is 699 g/mol. The van der Waals surface area contributed by atoms with Crippen LogP contribution in [-0.2, 0) is 27.1 Å². The molecule has 6 fully saturated rings. The second kappa shape index (κ2) is 12.5. The van der Waals surface area contributed by atoms with E-state index in [1.54, 1.807) is 12.5 Å². The second-order valence-electron chi connectivity index (χ2n) is 21.1. The van der Waals surface area contributed by atoms with Crippen molar-refractivity contribution in [2.75, 3.05) is 0 Å². The molecule has 51 heavy (non-hydrogen) atoms. The van der Waals surface area contributed by atoms with Gasteiger partial charge in [0, 0.05) is 30.7 Å². The number of rotatable bonds is 6. The van der Waals surface area contributed by atoms with Gasteiger partial charge < -0.3 is 14.2 Å². The van der Waals surface area contributed by atoms with Gasteiger partial charge in [0.15, 0.2) is 0 Å². The molecule has 1 spiro atoms. The number of hydrogen-bond acceptors (Lipinski definition) is 4. The fourth-order valence-electron chi connectivity index (χ4n) is 15.7. The van der Waals surface area contributed by atoms with Crippen LogP contribution in [0.25, 0.3) is 0 Å². The van der Waals surface area contributed by atoms with Gasteiger partial charge in [-0.2, -0.15) is 0 Å². The molecule has 1 aromatic rings. The van der Waals surface area contributed by atoms with Crippen molar-refractivity contribution in [1.29, 1.82) is 0 Å². The number of fused-ring (bicyclic) bond motifs is 11. The van der Waals surface area contributed by atoms with E-state index in [2.05, 4.69) is 53.7 Å². The number of carbonyl (C=O) groups excluding carboxylic acids is 1. The Bertz CT molecular complexity index is 1520. The maximum atomic E-state index is 11.9. The number of benzene rings is 1. The van der Waals surface area contributed by atoms with Gasteiger partial charge in [0.25, 0.3) is 0 Å². The number of carbonyl (C=O) groups is 1. The summed E-state index contributed by atoms with van der Waals surface area (Å²) in [5.74, 6) is 7.77. The normalized spacial score (nSPS) is 46.9. The van der Waals surface area contributed by atoms with Gasteiger partial charge in [-0.05, 0) is 165 Å². The predicted molar refractivity (Wildman–Crippen MR) is 204 cm³/mol. The molecule has 4 heteroatoms. The quantitative estimate of drug-likeness (QED) is 0.277. The van der Waals surface area contributed by atoms with Gasteiger partial charge in [-0.3, -0.25) is 4.79 Å². The minimum atomic E-state index is -0.469. The Labute approximate surface area is 310 Å². The molecule has 6 aliphatic carbocycles. The van der Waals surface area contributed by atoms with Crippen LogP contribution in [0.2, 0.25) is 0 Å². The molecule has 7 unspecified atom stereocenters. The third kappa shape index (κ3) is 5.45. The smallest absolute Gasteiger partial charge is 0.302 e. The lowest BCUT2D eigenvalue weighted by Gasteiger charge is -2.61. The van der Waals surface area contributed by atoms with E-state index >= 15 is 0 Å². The van der Waals surface area contributed by atoms with Crippen LogP contribution in [0, 0.1) is 63.6 Å². The highest BCUT2D eigenvalue weighted by molar-refractivity contribution is 5.66. The number of ether oxygens (including phenoxy) is 3. The molecule has 0 bridgehead atoms. The van der Waals surface area contributed by atoms with Crippen LogP contribution in [0.5, 0.6) is 5.75 Å². The first-order chi connectivity index (χ1) is 24.3. The molecule has 0 radical (unpaired) electrons. The van der Waals surface area contributed by atoms with Gasteiger partial charge in [0.2, 0.25) is 5.79 Å². The van der Waals surface area contributed by atoms with Gasteiger partial charge >= 0.3 is 5.97 Å². The van der Waals surface area contributed by atoms with Crippen LogP contribution >= 0.6 is 0 Å². The number of aryl methyl sites for hydroxylation is 1. The molecule has 5 saturated carbocycles. The molecule has 4 nitrogen and oxygen atoms in total. The van der Waals surface area contributed by atoms with E-state index in [1.807, 2.05) is 0 Å². The SMILES string of the molecule is CC(=O)O[C@H]1CCC2C3CCc4cc5c(cc4C3CC[C@@]21C)C[C@@]1(CC[C@]2(C)C3CC[C@@]4(C)C(CCC4[C@H](C)CCCC(C)C)C3CC[C@@H]2O1)O5. The molecular formula is C47H70O4. The minimum Gasteiger partial charge on any atom is -0.462 e. The fourth-order valence-corrected chi connectivity index (χ4v) is 15.7. The molecule has 282 valence electrons. The van der Waals surface area contributed by atoms with E-state index in [0.29, 0.717) is 29.3 Å². The number of esters is 1. The van der Waals surface area contributed by atoms with E-state index in [4.69, 9.17) is 14.2 Å². The van der Waals surface area contributed by atoms with Crippen molar-refractivity contribution in [2.24, 2.45) is 63.6 Å². The first-order valence-corrected chi connectivity index (χ1v) is 22.0. The summed E-state index contributed by atoms with van der Waals surface area (Å²) in [6.45, 7) is 16.8. The molecule has 2 aliphatic heterocycles. The minimum absolute atomic E-state index is 0.0983. The first kappa shape index (κ1) is 35.2. The fraction of sp³-hybridized carbons (Fsp3) is 0.851. The Hall–Kier alpha value is -1.55. The summed E-state index contributed by atoms with van der Waals surface area (Å²) in [6.07, 6.45) is 23.2. The highest BCUT2D eigenvalue weighted by Gasteiger charge is 2.63. The number of hydrogen-bond donors (Lipinski definition) is 0. The summed E-state index contributed by atoms with van der Waals surface area (Å²) in [4.78, 5) is 11.9. The van der Waals surface area contributed by atoms with Crippen LogP contribution in [0.3, 0.4) is 0 Å². The molecule has 1 aromatic carbocycles. The Morgan fingerprint density at radius 3 is 2.35 bits per heavy atom. The van der Waals surface area contributed by atoms with E-state index in [9.17, 15) is 4.79 Å². The maximum Gasteiger partial charge on any atom is 0.302 e. The molecule has 0 aromatic heterocycles. The molecule has 0 amide bonds. The van der Waals surface area contributed by atoms with Crippen LogP contribution in [0.15, 0.2) is 12.1 Å².